The monoisotopic (exact) mass is 214 g/mol. The summed E-state index contributed by atoms with van der Waals surface area (Å²) in [5.41, 5.74) is -0.479. The molecule has 5 nitrogen and oxygen atoms in total. The first-order valence-corrected chi connectivity index (χ1v) is 5.09. The van der Waals surface area contributed by atoms with E-state index in [2.05, 4.69) is 5.32 Å². The maximum Gasteiger partial charge on any atom is 0.407 e. The highest BCUT2D eigenvalue weighted by Crippen LogP contribution is 2.10. The molecule has 1 N–H and O–H groups in total. The Morgan fingerprint density at radius 1 is 1.53 bits per heavy atom. The van der Waals surface area contributed by atoms with Gasteiger partial charge in [0, 0.05) is 13.1 Å². The van der Waals surface area contributed by atoms with Gasteiger partial charge >= 0.3 is 6.09 Å². The molecule has 86 valence electrons. The van der Waals surface area contributed by atoms with Crippen molar-refractivity contribution in [2.24, 2.45) is 0 Å². The first kappa shape index (κ1) is 11.8. The van der Waals surface area contributed by atoms with Crippen LogP contribution < -0.4 is 5.32 Å². The zero-order valence-electron chi connectivity index (χ0n) is 9.45. The van der Waals surface area contributed by atoms with E-state index in [-0.39, 0.29) is 6.04 Å². The number of alkyl carbamates (subject to hydrolysis) is 1. The number of nitrogens with one attached hydrogen (secondary N) is 1. The van der Waals surface area contributed by atoms with Crippen molar-refractivity contribution in [2.45, 2.75) is 38.8 Å². The van der Waals surface area contributed by atoms with E-state index in [9.17, 15) is 9.59 Å². The summed E-state index contributed by atoms with van der Waals surface area (Å²) in [6.45, 7) is 6.73. The van der Waals surface area contributed by atoms with Gasteiger partial charge in [-0.15, -0.1) is 0 Å². The maximum atomic E-state index is 11.4. The Bertz CT molecular complexity index is 248. The Balaban J connectivity index is 2.31. The molecule has 0 bridgehead atoms. The third kappa shape index (κ3) is 4.18. The van der Waals surface area contributed by atoms with Gasteiger partial charge in [0.15, 0.2) is 0 Å². The standard InChI is InChI=1S/C10H18N2O3/c1-10(2,3)15-9(14)11-8-4-5-12(6-8)7-13/h7-8H,4-6H2,1-3H3,(H,11,14)/t8-/m0/s1. The van der Waals surface area contributed by atoms with E-state index in [0.717, 1.165) is 12.8 Å². The Hall–Kier alpha value is -1.26. The van der Waals surface area contributed by atoms with Crippen LogP contribution in [0.2, 0.25) is 0 Å². The number of hydrogen-bond acceptors (Lipinski definition) is 3. The summed E-state index contributed by atoms with van der Waals surface area (Å²) < 4.78 is 5.11. The summed E-state index contributed by atoms with van der Waals surface area (Å²) >= 11 is 0. The van der Waals surface area contributed by atoms with Crippen molar-refractivity contribution in [1.29, 1.82) is 0 Å². The Kier molecular flexibility index (Phi) is 3.55. The minimum Gasteiger partial charge on any atom is -0.444 e. The predicted molar refractivity (Wildman–Crippen MR) is 55.4 cm³/mol. The number of carbonyl (C=O) groups excluding carboxylic acids is 2. The molecule has 0 aromatic heterocycles. The summed E-state index contributed by atoms with van der Waals surface area (Å²) in [6.07, 6.45) is 1.18. The van der Waals surface area contributed by atoms with Crippen molar-refractivity contribution in [3.8, 4) is 0 Å². The highest BCUT2D eigenvalue weighted by atomic mass is 16.6. The van der Waals surface area contributed by atoms with E-state index in [4.69, 9.17) is 4.74 Å². The van der Waals surface area contributed by atoms with Gasteiger partial charge in [-0.1, -0.05) is 0 Å². The average Bonchev–Trinajstić information content (AvgIpc) is 2.48. The van der Waals surface area contributed by atoms with E-state index in [1.807, 2.05) is 20.8 Å². The van der Waals surface area contributed by atoms with Crippen LogP contribution in [-0.4, -0.2) is 42.1 Å². The smallest absolute Gasteiger partial charge is 0.407 e. The molecule has 1 aliphatic heterocycles. The van der Waals surface area contributed by atoms with Gasteiger partial charge in [0.1, 0.15) is 5.60 Å². The molecule has 1 heterocycles. The minimum atomic E-state index is -0.479. The number of carbonyl (C=O) groups is 2. The molecule has 0 aromatic rings. The molecule has 15 heavy (non-hydrogen) atoms. The van der Waals surface area contributed by atoms with Gasteiger partial charge in [0.05, 0.1) is 6.04 Å². The average molecular weight is 214 g/mol. The van der Waals surface area contributed by atoms with E-state index < -0.39 is 11.7 Å². The topological polar surface area (TPSA) is 58.6 Å². The number of nitrogens with zero attached hydrogens (tertiary/aromatic N) is 1. The summed E-state index contributed by atoms with van der Waals surface area (Å²) in [5, 5.41) is 2.74. The van der Waals surface area contributed by atoms with E-state index in [1.54, 1.807) is 4.90 Å². The van der Waals surface area contributed by atoms with Crippen molar-refractivity contribution in [3.05, 3.63) is 0 Å². The zero-order chi connectivity index (χ0) is 11.5. The van der Waals surface area contributed by atoms with Crippen LogP contribution in [0.1, 0.15) is 27.2 Å². The molecule has 0 radical (unpaired) electrons. The van der Waals surface area contributed by atoms with Crippen molar-refractivity contribution >= 4 is 12.5 Å². The van der Waals surface area contributed by atoms with Crippen LogP contribution in [-0.2, 0) is 9.53 Å². The number of rotatable bonds is 2. The van der Waals surface area contributed by atoms with Crippen molar-refractivity contribution in [2.75, 3.05) is 13.1 Å². The first-order valence-electron chi connectivity index (χ1n) is 5.09. The highest BCUT2D eigenvalue weighted by Gasteiger charge is 2.24. The lowest BCUT2D eigenvalue weighted by Gasteiger charge is -2.21. The number of hydrogen-bond donors (Lipinski definition) is 1. The SMILES string of the molecule is CC(C)(C)OC(=O)N[C@H]1CCN(C=O)C1. The Labute approximate surface area is 89.8 Å². The van der Waals surface area contributed by atoms with Crippen LogP contribution in [0, 0.1) is 0 Å². The largest absolute Gasteiger partial charge is 0.444 e. The highest BCUT2D eigenvalue weighted by molar-refractivity contribution is 5.68. The molecule has 0 saturated carbocycles. The summed E-state index contributed by atoms with van der Waals surface area (Å²) in [6, 6.07) is 0.0186. The van der Waals surface area contributed by atoms with Gasteiger partial charge in [-0.2, -0.15) is 0 Å². The summed E-state index contributed by atoms with van der Waals surface area (Å²) in [7, 11) is 0. The molecular formula is C10H18N2O3. The van der Waals surface area contributed by atoms with Gasteiger partial charge in [-0.3, -0.25) is 4.79 Å². The van der Waals surface area contributed by atoms with Crippen molar-refractivity contribution in [1.82, 2.24) is 10.2 Å². The van der Waals surface area contributed by atoms with Gasteiger partial charge in [0.25, 0.3) is 0 Å². The Morgan fingerprint density at radius 3 is 2.67 bits per heavy atom. The predicted octanol–water partition coefficient (Wildman–Crippen LogP) is 0.742. The number of likely N-dealkylation sites (tertiary alicyclic amines) is 1. The quantitative estimate of drug-likeness (QED) is 0.690. The van der Waals surface area contributed by atoms with Crippen molar-refractivity contribution < 1.29 is 14.3 Å². The molecule has 5 heteroatoms. The first-order chi connectivity index (χ1) is 6.90. The minimum absolute atomic E-state index is 0.0186. The van der Waals surface area contributed by atoms with Gasteiger partial charge in [0.2, 0.25) is 6.41 Å². The van der Waals surface area contributed by atoms with Crippen LogP contribution in [0.4, 0.5) is 4.79 Å². The van der Waals surface area contributed by atoms with Crippen LogP contribution in [0.25, 0.3) is 0 Å². The molecule has 1 atom stereocenters. The second-order valence-corrected chi connectivity index (χ2v) is 4.73. The number of amides is 2. The van der Waals surface area contributed by atoms with Crippen LogP contribution >= 0.6 is 0 Å². The Morgan fingerprint density at radius 2 is 2.20 bits per heavy atom. The van der Waals surface area contributed by atoms with E-state index in [0.29, 0.717) is 13.1 Å². The molecule has 2 amide bonds. The second-order valence-electron chi connectivity index (χ2n) is 4.73. The molecule has 0 spiro atoms. The normalized spacial score (nSPS) is 21.3. The van der Waals surface area contributed by atoms with Gasteiger partial charge in [-0.25, -0.2) is 4.79 Å². The molecule has 0 aromatic carbocycles. The maximum absolute atomic E-state index is 11.4. The summed E-state index contributed by atoms with van der Waals surface area (Å²) in [4.78, 5) is 23.5. The third-order valence-electron chi connectivity index (χ3n) is 2.09. The fraction of sp³-hybridized carbons (Fsp3) is 0.800. The third-order valence-corrected chi connectivity index (χ3v) is 2.09. The summed E-state index contributed by atoms with van der Waals surface area (Å²) in [5.74, 6) is 0. The van der Waals surface area contributed by atoms with Crippen molar-refractivity contribution in [3.63, 3.8) is 0 Å². The molecule has 1 saturated heterocycles. The molecule has 1 rings (SSSR count). The van der Waals surface area contributed by atoms with Gasteiger partial charge < -0.3 is 15.0 Å². The lowest BCUT2D eigenvalue weighted by Crippen LogP contribution is -2.40. The second kappa shape index (κ2) is 4.51. The molecule has 1 fully saturated rings. The van der Waals surface area contributed by atoms with Crippen LogP contribution in [0.3, 0.4) is 0 Å². The fourth-order valence-corrected chi connectivity index (χ4v) is 1.48. The lowest BCUT2D eigenvalue weighted by atomic mass is 10.2. The van der Waals surface area contributed by atoms with Crippen LogP contribution in [0.5, 0.6) is 0 Å². The van der Waals surface area contributed by atoms with E-state index in [1.165, 1.54) is 0 Å². The molecule has 0 aliphatic carbocycles. The zero-order valence-corrected chi connectivity index (χ0v) is 9.45. The van der Waals surface area contributed by atoms with E-state index >= 15 is 0 Å². The molecule has 0 unspecified atom stereocenters. The molecule has 1 aliphatic rings. The fourth-order valence-electron chi connectivity index (χ4n) is 1.48. The van der Waals surface area contributed by atoms with Crippen LogP contribution in [0.15, 0.2) is 0 Å². The lowest BCUT2D eigenvalue weighted by molar-refractivity contribution is -0.117. The number of ether oxygens (including phenoxy) is 1. The van der Waals surface area contributed by atoms with Gasteiger partial charge in [-0.05, 0) is 27.2 Å². The molecular weight excluding hydrogens is 196 g/mol.